The minimum absolute atomic E-state index is 0.739. The zero-order valence-corrected chi connectivity index (χ0v) is 21.7. The monoisotopic (exact) mass is 495 g/mol. The van der Waals surface area contributed by atoms with Crippen molar-refractivity contribution in [3.05, 3.63) is 53.8 Å². The van der Waals surface area contributed by atoms with Crippen LogP contribution in [-0.4, -0.2) is 80.2 Å². The Labute approximate surface area is 214 Å². The quantitative estimate of drug-likeness (QED) is 0.339. The summed E-state index contributed by atoms with van der Waals surface area (Å²) in [4.78, 5) is 7.84. The number of piperazine rings is 1. The Balaban J connectivity index is 0.992. The van der Waals surface area contributed by atoms with Gasteiger partial charge in [0.2, 0.25) is 0 Å². The first-order chi connectivity index (χ1) is 17.2. The van der Waals surface area contributed by atoms with Crippen molar-refractivity contribution in [3.63, 3.8) is 0 Å². The molecular formula is C29H38ClN3O2. The number of nitrogens with zero attached hydrogens (tertiary/aromatic N) is 3. The van der Waals surface area contributed by atoms with Gasteiger partial charge in [-0.05, 0) is 88.6 Å². The first-order valence-corrected chi connectivity index (χ1v) is 13.6. The topological polar surface area (TPSA) is 32.1 Å². The number of halogens is 1. The number of fused-ring (bicyclic) bond motifs is 1. The summed E-state index contributed by atoms with van der Waals surface area (Å²) in [6.45, 7) is 9.44. The highest BCUT2D eigenvalue weighted by Gasteiger charge is 2.26. The summed E-state index contributed by atoms with van der Waals surface area (Å²) in [7, 11) is 2.24. The molecule has 3 heterocycles. The molecule has 2 saturated heterocycles. The number of rotatable bonds is 9. The summed E-state index contributed by atoms with van der Waals surface area (Å²) in [6, 6.07) is 14.8. The molecule has 1 aromatic heterocycles. The van der Waals surface area contributed by atoms with Crippen molar-refractivity contribution in [2.24, 2.45) is 0 Å². The second-order valence-electron chi connectivity index (χ2n) is 10.1. The Morgan fingerprint density at radius 1 is 0.914 bits per heavy atom. The molecule has 0 N–H and O–H groups in total. The number of hydrogen-bond donors (Lipinski definition) is 0. The lowest BCUT2D eigenvalue weighted by atomic mass is 10.0. The minimum Gasteiger partial charge on any atom is -0.493 e. The number of furan rings is 1. The Morgan fingerprint density at radius 2 is 1.69 bits per heavy atom. The highest BCUT2D eigenvalue weighted by atomic mass is 35.5. The zero-order chi connectivity index (χ0) is 24.0. The average molecular weight is 496 g/mol. The largest absolute Gasteiger partial charge is 0.493 e. The van der Waals surface area contributed by atoms with Gasteiger partial charge in [0.25, 0.3) is 0 Å². The number of likely N-dealkylation sites (N-methyl/N-ethyl adjacent to an activating group) is 1. The Hall–Kier alpha value is -2.05. The first-order valence-electron chi connectivity index (χ1n) is 13.2. The molecule has 0 saturated carbocycles. The van der Waals surface area contributed by atoms with E-state index in [1.807, 2.05) is 42.7 Å². The summed E-state index contributed by atoms with van der Waals surface area (Å²) >= 11 is 6.02. The summed E-state index contributed by atoms with van der Waals surface area (Å²) in [5.74, 6) is 0.875. The van der Waals surface area contributed by atoms with E-state index in [2.05, 4.69) is 27.8 Å². The average Bonchev–Trinajstić information content (AvgIpc) is 3.31. The number of unbranched alkanes of at least 4 members (excludes halogenated alkanes) is 2. The lowest BCUT2D eigenvalue weighted by Crippen LogP contribution is -2.52. The normalized spacial score (nSPS) is 18.9. The van der Waals surface area contributed by atoms with Gasteiger partial charge < -0.3 is 19.0 Å². The van der Waals surface area contributed by atoms with Gasteiger partial charge in [0.05, 0.1) is 12.9 Å². The van der Waals surface area contributed by atoms with Gasteiger partial charge in [-0.1, -0.05) is 23.7 Å². The summed E-state index contributed by atoms with van der Waals surface area (Å²) in [5, 5.41) is 1.83. The van der Waals surface area contributed by atoms with Gasteiger partial charge in [0.15, 0.2) is 0 Å². The Bertz CT molecular complexity index is 1070. The molecule has 35 heavy (non-hydrogen) atoms. The molecule has 0 unspecified atom stereocenters. The molecule has 0 radical (unpaired) electrons. The molecule has 3 aromatic rings. The van der Waals surface area contributed by atoms with Crippen LogP contribution in [0, 0.1) is 0 Å². The maximum atomic E-state index is 6.03. The Kier molecular flexibility index (Phi) is 8.30. The van der Waals surface area contributed by atoms with E-state index in [1.54, 1.807) is 0 Å². The van der Waals surface area contributed by atoms with Crippen LogP contribution in [0.2, 0.25) is 5.02 Å². The van der Waals surface area contributed by atoms with Gasteiger partial charge in [-0.2, -0.15) is 0 Å². The third-order valence-electron chi connectivity index (χ3n) is 7.70. The predicted octanol–water partition coefficient (Wildman–Crippen LogP) is 6.01. The van der Waals surface area contributed by atoms with Crippen molar-refractivity contribution in [2.45, 2.75) is 38.1 Å². The number of ether oxygens (including phenoxy) is 1. The maximum absolute atomic E-state index is 6.03. The van der Waals surface area contributed by atoms with Crippen LogP contribution in [0.15, 0.2) is 53.1 Å². The predicted molar refractivity (Wildman–Crippen MR) is 145 cm³/mol. The molecule has 2 aliphatic heterocycles. The molecule has 0 spiro atoms. The number of benzene rings is 2. The summed E-state index contributed by atoms with van der Waals surface area (Å²) in [5.41, 5.74) is 3.04. The van der Waals surface area contributed by atoms with E-state index in [9.17, 15) is 0 Å². The van der Waals surface area contributed by atoms with Crippen molar-refractivity contribution >= 4 is 22.6 Å². The van der Waals surface area contributed by atoms with Gasteiger partial charge in [0, 0.05) is 54.3 Å². The van der Waals surface area contributed by atoms with Crippen LogP contribution >= 0.6 is 11.6 Å². The SMILES string of the molecule is CN1CCN(C2CCN(CCCCCOc3ccc4c(-c5ccc(Cl)cc5)coc4c3)CC2)CC1. The summed E-state index contributed by atoms with van der Waals surface area (Å²) < 4.78 is 11.8. The lowest BCUT2D eigenvalue weighted by Gasteiger charge is -2.42. The minimum atomic E-state index is 0.739. The third kappa shape index (κ3) is 6.39. The highest BCUT2D eigenvalue weighted by Crippen LogP contribution is 2.33. The summed E-state index contributed by atoms with van der Waals surface area (Å²) in [6.07, 6.45) is 8.03. The third-order valence-corrected chi connectivity index (χ3v) is 7.95. The number of hydrogen-bond acceptors (Lipinski definition) is 5. The Morgan fingerprint density at radius 3 is 2.46 bits per heavy atom. The lowest BCUT2D eigenvalue weighted by molar-refractivity contribution is 0.0672. The van der Waals surface area contributed by atoms with Crippen LogP contribution in [0.3, 0.4) is 0 Å². The molecule has 2 aliphatic rings. The van der Waals surface area contributed by atoms with E-state index in [1.165, 1.54) is 71.5 Å². The van der Waals surface area contributed by atoms with Crippen LogP contribution in [0.4, 0.5) is 0 Å². The van der Waals surface area contributed by atoms with Crippen LogP contribution in [-0.2, 0) is 0 Å². The molecule has 6 heteroatoms. The fraction of sp³-hybridized carbons (Fsp3) is 0.517. The van der Waals surface area contributed by atoms with Crippen LogP contribution in [0.5, 0.6) is 5.75 Å². The number of piperidine rings is 1. The molecule has 2 fully saturated rings. The van der Waals surface area contributed by atoms with Gasteiger partial charge >= 0.3 is 0 Å². The van der Waals surface area contributed by atoms with Crippen LogP contribution < -0.4 is 4.74 Å². The number of likely N-dealkylation sites (tertiary alicyclic amines) is 1. The van der Waals surface area contributed by atoms with Crippen molar-refractivity contribution in [1.29, 1.82) is 0 Å². The molecule has 0 atom stereocenters. The van der Waals surface area contributed by atoms with E-state index in [0.29, 0.717) is 0 Å². The fourth-order valence-electron chi connectivity index (χ4n) is 5.45. The highest BCUT2D eigenvalue weighted by molar-refractivity contribution is 6.30. The van der Waals surface area contributed by atoms with Crippen molar-refractivity contribution in [2.75, 3.05) is 59.5 Å². The second-order valence-corrected chi connectivity index (χ2v) is 10.6. The van der Waals surface area contributed by atoms with Gasteiger partial charge in [-0.25, -0.2) is 0 Å². The zero-order valence-electron chi connectivity index (χ0n) is 20.9. The van der Waals surface area contributed by atoms with Crippen LogP contribution in [0.1, 0.15) is 32.1 Å². The van der Waals surface area contributed by atoms with Gasteiger partial charge in [0.1, 0.15) is 11.3 Å². The molecule has 0 bridgehead atoms. The first kappa shape index (κ1) is 24.6. The molecule has 0 amide bonds. The van der Waals surface area contributed by atoms with E-state index in [0.717, 1.165) is 51.9 Å². The molecule has 2 aromatic carbocycles. The standard InChI is InChI=1S/C29H38ClN3O2/c1-31-16-18-33(19-17-31)25-11-14-32(15-12-25)13-3-2-4-20-34-26-9-10-27-28(22-35-29(27)21-26)23-5-7-24(30)8-6-23/h5-10,21-22,25H,2-4,11-20H2,1H3. The van der Waals surface area contributed by atoms with Crippen LogP contribution in [0.25, 0.3) is 22.1 Å². The molecule has 188 valence electrons. The molecule has 5 rings (SSSR count). The van der Waals surface area contributed by atoms with Crippen molar-refractivity contribution in [1.82, 2.24) is 14.7 Å². The maximum Gasteiger partial charge on any atom is 0.138 e. The van der Waals surface area contributed by atoms with E-state index >= 15 is 0 Å². The molecular weight excluding hydrogens is 458 g/mol. The fourth-order valence-corrected chi connectivity index (χ4v) is 5.58. The second kappa shape index (κ2) is 11.8. The van der Waals surface area contributed by atoms with E-state index in [-0.39, 0.29) is 0 Å². The smallest absolute Gasteiger partial charge is 0.138 e. The van der Waals surface area contributed by atoms with Gasteiger partial charge in [-0.3, -0.25) is 4.90 Å². The molecule has 5 nitrogen and oxygen atoms in total. The van der Waals surface area contributed by atoms with Gasteiger partial charge in [-0.15, -0.1) is 0 Å². The van der Waals surface area contributed by atoms with Crippen molar-refractivity contribution < 1.29 is 9.15 Å². The van der Waals surface area contributed by atoms with E-state index < -0.39 is 0 Å². The molecule has 0 aliphatic carbocycles. The van der Waals surface area contributed by atoms with E-state index in [4.69, 9.17) is 20.8 Å². The van der Waals surface area contributed by atoms with Crippen molar-refractivity contribution in [3.8, 4) is 16.9 Å².